The Bertz CT molecular complexity index is 416. The molecular weight excluding hydrogens is 210 g/mol. The van der Waals surface area contributed by atoms with Crippen molar-refractivity contribution in [1.29, 1.82) is 0 Å². The molecule has 1 aromatic rings. The summed E-state index contributed by atoms with van der Waals surface area (Å²) in [6.07, 6.45) is -0.351. The molecule has 6 heteroatoms. The number of nitrogens with zero attached hydrogens (tertiary/aromatic N) is 1. The normalized spacial score (nSPS) is 14.8. The first-order valence-electron chi connectivity index (χ1n) is 4.77. The SMILES string of the molecule is NC(=O)Nc1ccc(N2CCOC2=O)cc1. The molecule has 1 aliphatic rings. The minimum atomic E-state index is -0.617. The van der Waals surface area contributed by atoms with Gasteiger partial charge >= 0.3 is 12.1 Å². The van der Waals surface area contributed by atoms with E-state index in [0.29, 0.717) is 18.8 Å². The lowest BCUT2D eigenvalue weighted by Gasteiger charge is -2.12. The minimum Gasteiger partial charge on any atom is -0.447 e. The predicted octanol–water partition coefficient (Wildman–Crippen LogP) is 1.13. The van der Waals surface area contributed by atoms with Crippen LogP contribution >= 0.6 is 0 Å². The monoisotopic (exact) mass is 221 g/mol. The van der Waals surface area contributed by atoms with Crippen molar-refractivity contribution in [2.75, 3.05) is 23.4 Å². The van der Waals surface area contributed by atoms with Crippen LogP contribution in [0.2, 0.25) is 0 Å². The van der Waals surface area contributed by atoms with Crippen LogP contribution in [0.3, 0.4) is 0 Å². The Morgan fingerprint density at radius 1 is 1.38 bits per heavy atom. The van der Waals surface area contributed by atoms with Gasteiger partial charge in [-0.2, -0.15) is 0 Å². The Hall–Kier alpha value is -2.24. The molecule has 1 fully saturated rings. The molecule has 3 amide bonds. The van der Waals surface area contributed by atoms with Gasteiger partial charge in [-0.1, -0.05) is 0 Å². The zero-order valence-electron chi connectivity index (χ0n) is 8.47. The third-order valence-electron chi connectivity index (χ3n) is 2.21. The van der Waals surface area contributed by atoms with Crippen molar-refractivity contribution in [3.05, 3.63) is 24.3 Å². The first-order valence-corrected chi connectivity index (χ1v) is 4.77. The van der Waals surface area contributed by atoms with Crippen LogP contribution < -0.4 is 16.0 Å². The van der Waals surface area contributed by atoms with E-state index >= 15 is 0 Å². The number of anilines is 2. The number of urea groups is 1. The van der Waals surface area contributed by atoms with Gasteiger partial charge in [0.1, 0.15) is 6.61 Å². The number of hydrogen-bond donors (Lipinski definition) is 2. The molecule has 0 atom stereocenters. The fraction of sp³-hybridized carbons (Fsp3) is 0.200. The van der Waals surface area contributed by atoms with Crippen molar-refractivity contribution < 1.29 is 14.3 Å². The Balaban J connectivity index is 2.12. The van der Waals surface area contributed by atoms with Gasteiger partial charge in [0, 0.05) is 11.4 Å². The number of carbonyl (C=O) groups is 2. The van der Waals surface area contributed by atoms with Crippen LogP contribution in [0.1, 0.15) is 0 Å². The highest BCUT2D eigenvalue weighted by atomic mass is 16.6. The molecule has 0 saturated carbocycles. The molecule has 84 valence electrons. The molecule has 0 radical (unpaired) electrons. The topological polar surface area (TPSA) is 84.7 Å². The third kappa shape index (κ3) is 2.05. The molecule has 2 rings (SSSR count). The molecule has 1 heterocycles. The second-order valence-electron chi connectivity index (χ2n) is 3.30. The van der Waals surface area contributed by atoms with E-state index in [0.717, 1.165) is 5.69 Å². The summed E-state index contributed by atoms with van der Waals surface area (Å²) >= 11 is 0. The maximum Gasteiger partial charge on any atom is 0.414 e. The molecule has 0 spiro atoms. The maximum absolute atomic E-state index is 11.3. The third-order valence-corrected chi connectivity index (χ3v) is 2.21. The number of primary amides is 1. The molecule has 1 aliphatic heterocycles. The largest absolute Gasteiger partial charge is 0.447 e. The zero-order chi connectivity index (χ0) is 11.5. The van der Waals surface area contributed by atoms with Gasteiger partial charge in [0.05, 0.1) is 6.54 Å². The number of cyclic esters (lactones) is 1. The van der Waals surface area contributed by atoms with Crippen molar-refractivity contribution in [1.82, 2.24) is 0 Å². The summed E-state index contributed by atoms with van der Waals surface area (Å²) in [5.74, 6) is 0. The minimum absolute atomic E-state index is 0.351. The summed E-state index contributed by atoms with van der Waals surface area (Å²) in [4.78, 5) is 23.4. The van der Waals surface area contributed by atoms with E-state index in [-0.39, 0.29) is 6.09 Å². The van der Waals surface area contributed by atoms with Gasteiger partial charge in [-0.25, -0.2) is 9.59 Å². The van der Waals surface area contributed by atoms with Gasteiger partial charge in [0.25, 0.3) is 0 Å². The number of hydrogen-bond acceptors (Lipinski definition) is 3. The lowest BCUT2D eigenvalue weighted by atomic mass is 10.2. The van der Waals surface area contributed by atoms with Gasteiger partial charge < -0.3 is 15.8 Å². The Morgan fingerprint density at radius 2 is 2.06 bits per heavy atom. The molecule has 1 aromatic carbocycles. The second kappa shape index (κ2) is 4.09. The van der Waals surface area contributed by atoms with Gasteiger partial charge in [-0.15, -0.1) is 0 Å². The van der Waals surface area contributed by atoms with Crippen LogP contribution in [-0.2, 0) is 4.74 Å². The number of carbonyl (C=O) groups excluding carboxylic acids is 2. The van der Waals surface area contributed by atoms with E-state index in [9.17, 15) is 9.59 Å². The highest BCUT2D eigenvalue weighted by Gasteiger charge is 2.23. The van der Waals surface area contributed by atoms with Gasteiger partial charge in [0.15, 0.2) is 0 Å². The van der Waals surface area contributed by atoms with Crippen LogP contribution in [0.15, 0.2) is 24.3 Å². The van der Waals surface area contributed by atoms with Crippen molar-refractivity contribution >= 4 is 23.5 Å². The van der Waals surface area contributed by atoms with Crippen molar-refractivity contribution in [2.24, 2.45) is 5.73 Å². The lowest BCUT2D eigenvalue weighted by Crippen LogP contribution is -2.23. The molecule has 0 bridgehead atoms. The summed E-state index contributed by atoms with van der Waals surface area (Å²) in [6.45, 7) is 0.946. The summed E-state index contributed by atoms with van der Waals surface area (Å²) < 4.78 is 4.81. The van der Waals surface area contributed by atoms with Crippen LogP contribution in [0, 0.1) is 0 Å². The Morgan fingerprint density at radius 3 is 2.56 bits per heavy atom. The van der Waals surface area contributed by atoms with Crippen LogP contribution in [0.4, 0.5) is 21.0 Å². The van der Waals surface area contributed by atoms with E-state index in [1.165, 1.54) is 4.90 Å². The van der Waals surface area contributed by atoms with E-state index in [2.05, 4.69) is 5.32 Å². The fourth-order valence-electron chi connectivity index (χ4n) is 1.49. The number of benzene rings is 1. The molecular formula is C10H11N3O3. The van der Waals surface area contributed by atoms with E-state index in [1.807, 2.05) is 0 Å². The first-order chi connectivity index (χ1) is 7.66. The number of rotatable bonds is 2. The van der Waals surface area contributed by atoms with Crippen molar-refractivity contribution in [3.63, 3.8) is 0 Å². The predicted molar refractivity (Wildman–Crippen MR) is 58.3 cm³/mol. The van der Waals surface area contributed by atoms with Gasteiger partial charge in [0.2, 0.25) is 0 Å². The number of amides is 3. The molecule has 6 nitrogen and oxygen atoms in total. The van der Waals surface area contributed by atoms with Crippen LogP contribution in [0.25, 0.3) is 0 Å². The van der Waals surface area contributed by atoms with Crippen molar-refractivity contribution in [3.8, 4) is 0 Å². The van der Waals surface area contributed by atoms with E-state index in [4.69, 9.17) is 10.5 Å². The molecule has 1 saturated heterocycles. The van der Waals surface area contributed by atoms with Gasteiger partial charge in [-0.3, -0.25) is 4.90 Å². The second-order valence-corrected chi connectivity index (χ2v) is 3.30. The molecule has 0 unspecified atom stereocenters. The van der Waals surface area contributed by atoms with Crippen LogP contribution in [0.5, 0.6) is 0 Å². The highest BCUT2D eigenvalue weighted by molar-refractivity contribution is 5.91. The average molecular weight is 221 g/mol. The van der Waals surface area contributed by atoms with Gasteiger partial charge in [-0.05, 0) is 24.3 Å². The lowest BCUT2D eigenvalue weighted by molar-refractivity contribution is 0.181. The molecule has 16 heavy (non-hydrogen) atoms. The summed E-state index contributed by atoms with van der Waals surface area (Å²) in [6, 6.07) is 6.17. The zero-order valence-corrected chi connectivity index (χ0v) is 8.47. The molecule has 3 N–H and O–H groups in total. The summed E-state index contributed by atoms with van der Waals surface area (Å²) in [7, 11) is 0. The molecule has 0 aromatic heterocycles. The molecule has 0 aliphatic carbocycles. The van der Waals surface area contributed by atoms with Crippen LogP contribution in [-0.4, -0.2) is 25.3 Å². The fourth-order valence-corrected chi connectivity index (χ4v) is 1.49. The number of nitrogens with one attached hydrogen (secondary N) is 1. The van der Waals surface area contributed by atoms with Crippen molar-refractivity contribution in [2.45, 2.75) is 0 Å². The summed E-state index contributed by atoms with van der Waals surface area (Å²) in [5, 5.41) is 2.44. The maximum atomic E-state index is 11.3. The first kappa shape index (κ1) is 10.3. The smallest absolute Gasteiger partial charge is 0.414 e. The Kier molecular flexibility index (Phi) is 2.63. The average Bonchev–Trinajstić information content (AvgIpc) is 2.65. The quantitative estimate of drug-likeness (QED) is 0.785. The number of ether oxygens (including phenoxy) is 1. The van der Waals surface area contributed by atoms with E-state index < -0.39 is 6.03 Å². The summed E-state index contributed by atoms with van der Waals surface area (Å²) in [5.41, 5.74) is 6.29. The Labute approximate surface area is 92.0 Å². The number of nitrogens with two attached hydrogens (primary N) is 1. The standard InChI is InChI=1S/C10H11N3O3/c11-9(14)12-7-1-3-8(4-2-7)13-5-6-16-10(13)15/h1-4H,5-6H2,(H3,11,12,14). The highest BCUT2D eigenvalue weighted by Crippen LogP contribution is 2.20. The van der Waals surface area contributed by atoms with E-state index in [1.54, 1.807) is 24.3 Å².